The zero-order chi connectivity index (χ0) is 16.3. The van der Waals surface area contributed by atoms with E-state index in [1.54, 1.807) is 18.2 Å². The summed E-state index contributed by atoms with van der Waals surface area (Å²) in [6, 6.07) is 8.84. The average molecular weight is 360 g/mol. The van der Waals surface area contributed by atoms with Gasteiger partial charge in [0.25, 0.3) is 11.6 Å². The Kier molecular flexibility index (Phi) is 5.24. The summed E-state index contributed by atoms with van der Waals surface area (Å²) in [5.74, 6) is -0.453. The van der Waals surface area contributed by atoms with Gasteiger partial charge in [-0.25, -0.2) is 0 Å². The number of hydrogen-bond acceptors (Lipinski definition) is 3. The molecule has 2 aromatic carbocycles. The van der Waals surface area contributed by atoms with E-state index in [9.17, 15) is 14.9 Å². The van der Waals surface area contributed by atoms with E-state index >= 15 is 0 Å². The van der Waals surface area contributed by atoms with E-state index in [1.807, 2.05) is 0 Å². The van der Waals surface area contributed by atoms with Crippen LogP contribution in [-0.2, 0) is 6.54 Å². The third-order valence-electron chi connectivity index (χ3n) is 2.84. The highest BCUT2D eigenvalue weighted by Gasteiger charge is 2.16. The summed E-state index contributed by atoms with van der Waals surface area (Å²) < 4.78 is 0. The number of rotatable bonds is 4. The summed E-state index contributed by atoms with van der Waals surface area (Å²) in [7, 11) is 0. The number of carbonyl (C=O) groups excluding carboxylic acids is 1. The first-order valence-corrected chi connectivity index (χ1v) is 7.18. The fourth-order valence-corrected chi connectivity index (χ4v) is 2.24. The molecule has 0 aromatic heterocycles. The zero-order valence-electron chi connectivity index (χ0n) is 11.0. The largest absolute Gasteiger partial charge is 0.348 e. The third kappa shape index (κ3) is 3.88. The first kappa shape index (κ1) is 16.5. The summed E-state index contributed by atoms with van der Waals surface area (Å²) in [5, 5.41) is 14.2. The Bertz CT molecular complexity index is 750. The van der Waals surface area contributed by atoms with Crippen LogP contribution in [0.1, 0.15) is 15.9 Å². The van der Waals surface area contributed by atoms with Gasteiger partial charge in [-0.1, -0.05) is 40.9 Å². The van der Waals surface area contributed by atoms with Crippen molar-refractivity contribution in [2.75, 3.05) is 0 Å². The lowest BCUT2D eigenvalue weighted by atomic mass is 10.1. The molecule has 0 aliphatic heterocycles. The lowest BCUT2D eigenvalue weighted by Gasteiger charge is -2.07. The number of nitro groups is 1. The Labute approximate surface area is 140 Å². The molecule has 0 atom stereocenters. The maximum atomic E-state index is 12.0. The second-order valence-corrected chi connectivity index (χ2v) is 5.58. The third-order valence-corrected chi connectivity index (χ3v) is 3.90. The van der Waals surface area contributed by atoms with Gasteiger partial charge in [-0.05, 0) is 29.8 Å². The predicted octanol–water partition coefficient (Wildman–Crippen LogP) is 4.49. The summed E-state index contributed by atoms with van der Waals surface area (Å²) in [5.41, 5.74) is 0.589. The number of nitrogens with zero attached hydrogens (tertiary/aromatic N) is 1. The van der Waals surface area contributed by atoms with E-state index < -0.39 is 10.8 Å². The second kappa shape index (κ2) is 6.96. The number of halogens is 3. The molecule has 114 valence electrons. The van der Waals surface area contributed by atoms with Gasteiger partial charge in [0.15, 0.2) is 0 Å². The van der Waals surface area contributed by atoms with Crippen molar-refractivity contribution in [2.45, 2.75) is 6.54 Å². The minimum absolute atomic E-state index is 0.0222. The minimum Gasteiger partial charge on any atom is -0.348 e. The van der Waals surface area contributed by atoms with Crippen LogP contribution in [0.3, 0.4) is 0 Å². The topological polar surface area (TPSA) is 72.2 Å². The summed E-state index contributed by atoms with van der Waals surface area (Å²) in [4.78, 5) is 22.2. The van der Waals surface area contributed by atoms with Gasteiger partial charge in [0.1, 0.15) is 5.02 Å². The number of nitrogens with one attached hydrogen (secondary N) is 1. The molecule has 0 radical (unpaired) electrons. The highest BCUT2D eigenvalue weighted by Crippen LogP contribution is 2.25. The normalized spacial score (nSPS) is 10.3. The van der Waals surface area contributed by atoms with Crippen LogP contribution in [0.25, 0.3) is 0 Å². The molecule has 0 saturated carbocycles. The number of hydrogen-bond donors (Lipinski definition) is 1. The van der Waals surface area contributed by atoms with Crippen molar-refractivity contribution >= 4 is 46.4 Å². The van der Waals surface area contributed by atoms with Crippen LogP contribution in [0, 0.1) is 10.1 Å². The number of benzene rings is 2. The SMILES string of the molecule is O=C(NCc1ccc(Cl)c(Cl)c1)c1ccc(Cl)c([N+](=O)[O-])c1. The molecular weight excluding hydrogens is 351 g/mol. The van der Waals surface area contributed by atoms with Gasteiger partial charge < -0.3 is 5.32 Å². The van der Waals surface area contributed by atoms with Gasteiger partial charge in [0, 0.05) is 18.2 Å². The van der Waals surface area contributed by atoms with Crippen molar-refractivity contribution in [3.63, 3.8) is 0 Å². The quantitative estimate of drug-likeness (QED) is 0.646. The Morgan fingerprint density at radius 2 is 1.73 bits per heavy atom. The van der Waals surface area contributed by atoms with Crippen molar-refractivity contribution in [3.8, 4) is 0 Å². The summed E-state index contributed by atoms with van der Waals surface area (Å²) in [6.07, 6.45) is 0. The van der Waals surface area contributed by atoms with Gasteiger partial charge in [-0.2, -0.15) is 0 Å². The molecular formula is C14H9Cl3N2O3. The van der Waals surface area contributed by atoms with Crippen molar-refractivity contribution in [3.05, 3.63) is 72.7 Å². The monoisotopic (exact) mass is 358 g/mol. The van der Waals surface area contributed by atoms with Gasteiger partial charge >= 0.3 is 0 Å². The smallest absolute Gasteiger partial charge is 0.288 e. The molecule has 0 heterocycles. The molecule has 0 aliphatic carbocycles. The molecule has 0 spiro atoms. The van der Waals surface area contributed by atoms with Crippen molar-refractivity contribution in [2.24, 2.45) is 0 Å². The maximum absolute atomic E-state index is 12.0. The lowest BCUT2D eigenvalue weighted by molar-refractivity contribution is -0.384. The van der Waals surface area contributed by atoms with E-state index in [-0.39, 0.29) is 22.8 Å². The van der Waals surface area contributed by atoms with E-state index in [2.05, 4.69) is 5.32 Å². The standard InChI is InChI=1S/C14H9Cl3N2O3/c15-10-3-1-8(5-12(10)17)7-18-14(20)9-2-4-11(16)13(6-9)19(21)22/h1-6H,7H2,(H,18,20). The fraction of sp³-hybridized carbons (Fsp3) is 0.0714. The molecule has 5 nitrogen and oxygen atoms in total. The first-order chi connectivity index (χ1) is 10.4. The van der Waals surface area contributed by atoms with Crippen LogP contribution in [-0.4, -0.2) is 10.8 Å². The highest BCUT2D eigenvalue weighted by atomic mass is 35.5. The maximum Gasteiger partial charge on any atom is 0.288 e. The molecule has 2 aromatic rings. The van der Waals surface area contributed by atoms with Crippen LogP contribution >= 0.6 is 34.8 Å². The van der Waals surface area contributed by atoms with E-state index in [0.717, 1.165) is 11.6 Å². The molecule has 0 bridgehead atoms. The fourth-order valence-electron chi connectivity index (χ4n) is 1.73. The van der Waals surface area contributed by atoms with Crippen LogP contribution < -0.4 is 5.32 Å². The Balaban J connectivity index is 2.10. The summed E-state index contributed by atoms with van der Waals surface area (Å²) >= 11 is 17.4. The van der Waals surface area contributed by atoms with Crippen molar-refractivity contribution < 1.29 is 9.72 Å². The molecule has 22 heavy (non-hydrogen) atoms. The molecule has 0 saturated heterocycles. The van der Waals surface area contributed by atoms with Crippen LogP contribution in [0.15, 0.2) is 36.4 Å². The molecule has 2 rings (SSSR count). The first-order valence-electron chi connectivity index (χ1n) is 6.04. The Morgan fingerprint density at radius 3 is 2.36 bits per heavy atom. The van der Waals surface area contributed by atoms with Gasteiger partial charge in [-0.3, -0.25) is 14.9 Å². The Hall–Kier alpha value is -1.82. The van der Waals surface area contributed by atoms with Crippen LogP contribution in [0.4, 0.5) is 5.69 Å². The van der Waals surface area contributed by atoms with Gasteiger partial charge in [0.2, 0.25) is 0 Å². The number of amides is 1. The predicted molar refractivity (Wildman–Crippen MR) is 85.7 cm³/mol. The number of carbonyl (C=O) groups is 1. The molecule has 1 N–H and O–H groups in total. The van der Waals surface area contributed by atoms with Crippen LogP contribution in [0.5, 0.6) is 0 Å². The average Bonchev–Trinajstić information content (AvgIpc) is 2.48. The van der Waals surface area contributed by atoms with Crippen molar-refractivity contribution in [1.82, 2.24) is 5.32 Å². The molecule has 0 fully saturated rings. The van der Waals surface area contributed by atoms with E-state index in [0.29, 0.717) is 10.0 Å². The molecule has 0 unspecified atom stereocenters. The molecule has 0 aliphatic rings. The molecule has 1 amide bonds. The number of nitro benzene ring substituents is 1. The van der Waals surface area contributed by atoms with E-state index in [1.165, 1.54) is 12.1 Å². The van der Waals surface area contributed by atoms with Gasteiger partial charge in [-0.15, -0.1) is 0 Å². The Morgan fingerprint density at radius 1 is 1.05 bits per heavy atom. The zero-order valence-corrected chi connectivity index (χ0v) is 13.2. The van der Waals surface area contributed by atoms with Crippen LogP contribution in [0.2, 0.25) is 15.1 Å². The summed E-state index contributed by atoms with van der Waals surface area (Å²) in [6.45, 7) is 0.214. The lowest BCUT2D eigenvalue weighted by Crippen LogP contribution is -2.22. The second-order valence-electron chi connectivity index (χ2n) is 4.35. The minimum atomic E-state index is -0.641. The van der Waals surface area contributed by atoms with Gasteiger partial charge in [0.05, 0.1) is 15.0 Å². The van der Waals surface area contributed by atoms with Crippen molar-refractivity contribution in [1.29, 1.82) is 0 Å². The van der Waals surface area contributed by atoms with E-state index in [4.69, 9.17) is 34.8 Å². The highest BCUT2D eigenvalue weighted by molar-refractivity contribution is 6.42. The molecule has 8 heteroatoms.